The van der Waals surface area contributed by atoms with E-state index in [9.17, 15) is 4.79 Å². The number of nitrogens with zero attached hydrogens (tertiary/aromatic N) is 1. The summed E-state index contributed by atoms with van der Waals surface area (Å²) in [6, 6.07) is 17.7. The zero-order valence-electron chi connectivity index (χ0n) is 15.1. The van der Waals surface area contributed by atoms with Crippen LogP contribution in [0.3, 0.4) is 0 Å². The van der Waals surface area contributed by atoms with Gasteiger partial charge in [0, 0.05) is 22.9 Å². The Labute approximate surface area is 170 Å². The highest BCUT2D eigenvalue weighted by Gasteiger charge is 2.18. The van der Waals surface area contributed by atoms with Crippen molar-refractivity contribution < 1.29 is 23.5 Å². The fourth-order valence-corrected chi connectivity index (χ4v) is 3.27. The van der Waals surface area contributed by atoms with Crippen molar-refractivity contribution in [3.63, 3.8) is 0 Å². The molecule has 5 rings (SSSR count). The number of hydrogen-bond donors (Lipinski definition) is 0. The molecule has 0 aliphatic carbocycles. The second-order valence-electron chi connectivity index (χ2n) is 6.55. The van der Waals surface area contributed by atoms with Gasteiger partial charge < -0.3 is 18.7 Å². The molecule has 0 saturated carbocycles. The second kappa shape index (κ2) is 7.14. The highest BCUT2D eigenvalue weighted by molar-refractivity contribution is 6.30. The molecule has 1 aliphatic heterocycles. The third kappa shape index (κ3) is 3.50. The Morgan fingerprint density at radius 1 is 1.00 bits per heavy atom. The Hall–Kier alpha value is -3.51. The van der Waals surface area contributed by atoms with Crippen molar-refractivity contribution in [1.29, 1.82) is 0 Å². The van der Waals surface area contributed by atoms with Gasteiger partial charge in [0.2, 0.25) is 6.79 Å². The first-order valence-electron chi connectivity index (χ1n) is 8.90. The maximum atomic E-state index is 12.4. The summed E-state index contributed by atoms with van der Waals surface area (Å²) in [4.78, 5) is 12.4. The average molecular weight is 408 g/mol. The third-order valence-electron chi connectivity index (χ3n) is 4.62. The molecule has 0 N–H and O–H groups in total. The van der Waals surface area contributed by atoms with Crippen molar-refractivity contribution in [2.45, 2.75) is 6.42 Å². The molecule has 0 radical (unpaired) electrons. The summed E-state index contributed by atoms with van der Waals surface area (Å²) in [5.41, 5.74) is 2.79. The summed E-state index contributed by atoms with van der Waals surface area (Å²) < 4.78 is 21.4. The van der Waals surface area contributed by atoms with Crippen molar-refractivity contribution >= 4 is 28.5 Å². The predicted molar refractivity (Wildman–Crippen MR) is 106 cm³/mol. The van der Waals surface area contributed by atoms with Gasteiger partial charge >= 0.3 is 5.97 Å². The zero-order chi connectivity index (χ0) is 19.8. The second-order valence-corrected chi connectivity index (χ2v) is 6.98. The quantitative estimate of drug-likeness (QED) is 0.349. The molecule has 7 heteroatoms. The lowest BCUT2D eigenvalue weighted by molar-refractivity contribution is 0.0734. The number of ether oxygens (including phenoxy) is 3. The lowest BCUT2D eigenvalue weighted by atomic mass is 10.1. The Morgan fingerprint density at radius 3 is 2.69 bits per heavy atom. The Bertz CT molecular complexity index is 1220. The number of hydrogen-bond acceptors (Lipinski definition) is 6. The van der Waals surface area contributed by atoms with E-state index in [-0.39, 0.29) is 6.79 Å². The minimum absolute atomic E-state index is 0.147. The van der Waals surface area contributed by atoms with Crippen LogP contribution in [0, 0.1) is 0 Å². The van der Waals surface area contributed by atoms with Crippen LogP contribution in [0.1, 0.15) is 21.6 Å². The Balaban J connectivity index is 1.35. The van der Waals surface area contributed by atoms with E-state index in [1.807, 2.05) is 30.3 Å². The molecule has 0 spiro atoms. The molecule has 3 aromatic carbocycles. The fourth-order valence-electron chi connectivity index (χ4n) is 3.15. The maximum absolute atomic E-state index is 12.4. The minimum atomic E-state index is -0.497. The van der Waals surface area contributed by atoms with E-state index in [1.165, 1.54) is 0 Å². The van der Waals surface area contributed by atoms with Crippen LogP contribution in [0.5, 0.6) is 17.2 Å². The van der Waals surface area contributed by atoms with Crippen molar-refractivity contribution in [1.82, 2.24) is 5.16 Å². The van der Waals surface area contributed by atoms with E-state index in [4.69, 9.17) is 30.3 Å². The lowest BCUT2D eigenvalue weighted by Gasteiger charge is -2.05. The molecule has 1 aromatic heterocycles. The molecule has 29 heavy (non-hydrogen) atoms. The molecule has 6 nitrogen and oxygen atoms in total. The largest absolute Gasteiger partial charge is 0.454 e. The van der Waals surface area contributed by atoms with Gasteiger partial charge in [-0.25, -0.2) is 4.79 Å². The first-order valence-corrected chi connectivity index (χ1v) is 9.28. The smallest absolute Gasteiger partial charge is 0.343 e. The van der Waals surface area contributed by atoms with E-state index in [1.54, 1.807) is 30.3 Å². The number of aromatic nitrogens is 1. The number of carbonyl (C=O) groups is 1. The van der Waals surface area contributed by atoms with E-state index in [0.29, 0.717) is 39.8 Å². The fraction of sp³-hybridized carbons (Fsp3) is 0.0909. The topological polar surface area (TPSA) is 70.8 Å². The minimum Gasteiger partial charge on any atom is -0.454 e. The van der Waals surface area contributed by atoms with Gasteiger partial charge in [-0.05, 0) is 48.0 Å². The number of rotatable bonds is 4. The van der Waals surface area contributed by atoms with Crippen LogP contribution in [-0.4, -0.2) is 17.9 Å². The Morgan fingerprint density at radius 2 is 1.83 bits per heavy atom. The number of fused-ring (bicyclic) bond motifs is 2. The maximum Gasteiger partial charge on any atom is 0.343 e. The first kappa shape index (κ1) is 17.6. The summed E-state index contributed by atoms with van der Waals surface area (Å²) >= 11 is 5.93. The molecule has 0 atom stereocenters. The summed E-state index contributed by atoms with van der Waals surface area (Å²) in [5.74, 6) is 1.01. The van der Waals surface area contributed by atoms with Gasteiger partial charge in [0.05, 0.1) is 11.3 Å². The van der Waals surface area contributed by atoms with Crippen molar-refractivity contribution in [3.05, 3.63) is 82.5 Å². The normalized spacial score (nSPS) is 12.3. The van der Waals surface area contributed by atoms with Gasteiger partial charge in [-0.3, -0.25) is 0 Å². The first-order chi connectivity index (χ1) is 14.2. The molecule has 4 aromatic rings. The summed E-state index contributed by atoms with van der Waals surface area (Å²) in [7, 11) is 0. The van der Waals surface area contributed by atoms with E-state index in [0.717, 1.165) is 16.6 Å². The molecule has 0 saturated heterocycles. The van der Waals surface area contributed by atoms with Crippen LogP contribution in [-0.2, 0) is 6.42 Å². The Kier molecular flexibility index (Phi) is 4.33. The zero-order valence-corrected chi connectivity index (χ0v) is 15.8. The number of carbonyl (C=O) groups excluding carboxylic acids is 1. The molecule has 0 fully saturated rings. The van der Waals surface area contributed by atoms with Crippen LogP contribution < -0.4 is 14.2 Å². The number of halogens is 1. The lowest BCUT2D eigenvalue weighted by Crippen LogP contribution is -2.08. The summed E-state index contributed by atoms with van der Waals surface area (Å²) in [6.07, 6.45) is 0.612. The summed E-state index contributed by atoms with van der Waals surface area (Å²) in [5, 5.41) is 5.70. The van der Waals surface area contributed by atoms with Gasteiger partial charge in [-0.15, -0.1) is 0 Å². The molecule has 144 valence electrons. The van der Waals surface area contributed by atoms with Gasteiger partial charge in [0.25, 0.3) is 0 Å². The van der Waals surface area contributed by atoms with E-state index >= 15 is 0 Å². The average Bonchev–Trinajstić information content (AvgIpc) is 3.36. The number of benzene rings is 3. The molecule has 0 amide bonds. The molecule has 0 unspecified atom stereocenters. The van der Waals surface area contributed by atoms with Crippen LogP contribution in [0.25, 0.3) is 11.0 Å². The SMILES string of the molecule is O=C(Oc1ccc2c(Cc3ccc(Cl)cc3)noc2c1)c1ccc2c(c1)OCO2. The monoisotopic (exact) mass is 407 g/mol. The van der Waals surface area contributed by atoms with E-state index in [2.05, 4.69) is 5.16 Å². The van der Waals surface area contributed by atoms with Crippen molar-refractivity contribution in [3.8, 4) is 17.2 Å². The molecule has 2 heterocycles. The third-order valence-corrected chi connectivity index (χ3v) is 4.87. The molecular weight excluding hydrogens is 394 g/mol. The standard InChI is InChI=1S/C22H14ClNO5/c23-15-4-1-13(2-5-15)9-18-17-7-6-16(11-20(17)29-24-18)28-22(25)14-3-8-19-21(10-14)27-12-26-19/h1-8,10-11H,9,12H2. The van der Waals surface area contributed by atoms with Gasteiger partial charge in [-0.2, -0.15) is 0 Å². The molecule has 1 aliphatic rings. The van der Waals surface area contributed by atoms with Crippen molar-refractivity contribution in [2.24, 2.45) is 0 Å². The van der Waals surface area contributed by atoms with Crippen LogP contribution >= 0.6 is 11.6 Å². The number of esters is 1. The van der Waals surface area contributed by atoms with E-state index < -0.39 is 5.97 Å². The molecule has 0 bridgehead atoms. The van der Waals surface area contributed by atoms with Crippen LogP contribution in [0.2, 0.25) is 5.02 Å². The van der Waals surface area contributed by atoms with Crippen LogP contribution in [0.4, 0.5) is 0 Å². The summed E-state index contributed by atoms with van der Waals surface area (Å²) in [6.45, 7) is 0.147. The van der Waals surface area contributed by atoms with Crippen molar-refractivity contribution in [2.75, 3.05) is 6.79 Å². The van der Waals surface area contributed by atoms with Gasteiger partial charge in [0.15, 0.2) is 17.1 Å². The van der Waals surface area contributed by atoms with Gasteiger partial charge in [0.1, 0.15) is 5.75 Å². The highest BCUT2D eigenvalue weighted by atomic mass is 35.5. The molecular formula is C22H14ClNO5. The predicted octanol–water partition coefficient (Wildman–Crippen LogP) is 5.02. The van der Waals surface area contributed by atoms with Gasteiger partial charge in [-0.1, -0.05) is 28.9 Å². The highest BCUT2D eigenvalue weighted by Crippen LogP contribution is 2.33. The van der Waals surface area contributed by atoms with Crippen LogP contribution in [0.15, 0.2) is 65.2 Å².